The molecule has 202 valence electrons. The molecule has 5 aromatic rings. The summed E-state index contributed by atoms with van der Waals surface area (Å²) in [6, 6.07) is 15.1. The van der Waals surface area contributed by atoms with Crippen LogP contribution in [0.4, 0.5) is 14.6 Å². The Morgan fingerprint density at radius 2 is 1.74 bits per heavy atom. The number of benzene rings is 1. The molecule has 0 spiro atoms. The largest absolute Gasteiger partial charge is 0.413 e. The standard InChI is InChI=1S/C27H30F2N8OSi/c1-27(2,3)39(4,5)38-16-17-8-10-18(11-9-17)36-24(19-7-6-14-31-23(19)30)34-21-13-12-20(33-25(21)36)22-15-32-37(35-22)26(28)29/h6-15,26H,16H2,1-5H3,(H2,30,31). The van der Waals surface area contributed by atoms with E-state index in [1.54, 1.807) is 24.4 Å². The van der Waals surface area contributed by atoms with Gasteiger partial charge in [0.15, 0.2) is 19.8 Å². The van der Waals surface area contributed by atoms with Gasteiger partial charge in [-0.1, -0.05) is 32.9 Å². The molecule has 0 radical (unpaired) electrons. The highest BCUT2D eigenvalue weighted by atomic mass is 28.4. The number of aromatic nitrogens is 7. The molecule has 0 bridgehead atoms. The summed E-state index contributed by atoms with van der Waals surface area (Å²) in [6.45, 7) is 8.78. The first-order valence-electron chi connectivity index (χ1n) is 12.5. The summed E-state index contributed by atoms with van der Waals surface area (Å²) >= 11 is 0. The number of anilines is 1. The van der Waals surface area contributed by atoms with Crippen LogP contribution in [0.3, 0.4) is 0 Å². The topological polar surface area (TPSA) is 110 Å². The third kappa shape index (κ3) is 5.17. The highest BCUT2D eigenvalue weighted by Crippen LogP contribution is 2.37. The number of hydrogen-bond acceptors (Lipinski definition) is 7. The first-order chi connectivity index (χ1) is 18.4. The van der Waals surface area contributed by atoms with Gasteiger partial charge in [-0.15, -0.1) is 9.90 Å². The summed E-state index contributed by atoms with van der Waals surface area (Å²) in [7, 11) is -1.90. The van der Waals surface area contributed by atoms with E-state index < -0.39 is 14.9 Å². The van der Waals surface area contributed by atoms with Crippen LogP contribution in [0.25, 0.3) is 39.6 Å². The average molecular weight is 549 g/mol. The molecule has 12 heteroatoms. The molecule has 2 N–H and O–H groups in total. The first kappa shape index (κ1) is 26.6. The second kappa shape index (κ2) is 9.93. The maximum atomic E-state index is 13.1. The lowest BCUT2D eigenvalue weighted by molar-refractivity contribution is 0.0415. The third-order valence-corrected chi connectivity index (χ3v) is 11.6. The fourth-order valence-electron chi connectivity index (χ4n) is 3.84. The Labute approximate surface area is 225 Å². The van der Waals surface area contributed by atoms with Crippen molar-refractivity contribution in [2.75, 3.05) is 5.73 Å². The maximum absolute atomic E-state index is 13.1. The smallest absolute Gasteiger partial charge is 0.348 e. The van der Waals surface area contributed by atoms with Gasteiger partial charge >= 0.3 is 6.55 Å². The van der Waals surface area contributed by atoms with Gasteiger partial charge in [0.05, 0.1) is 24.1 Å². The molecule has 0 amide bonds. The first-order valence-corrected chi connectivity index (χ1v) is 15.4. The Balaban J connectivity index is 1.59. The molecule has 5 rings (SSSR count). The van der Waals surface area contributed by atoms with Crippen LogP contribution >= 0.6 is 0 Å². The number of fused-ring (bicyclic) bond motifs is 1. The number of rotatable bonds is 7. The van der Waals surface area contributed by atoms with Crippen LogP contribution in [0.5, 0.6) is 0 Å². The SMILES string of the molecule is CC(C)(C)[Si](C)(C)OCc1ccc(-n2c(-c3cccnc3N)nc3ccc(-c4cnn(C(F)F)n4)nc32)cc1. The number of halogens is 2. The van der Waals surface area contributed by atoms with Gasteiger partial charge in [-0.3, -0.25) is 4.57 Å². The minimum atomic E-state index is -2.84. The lowest BCUT2D eigenvalue weighted by Crippen LogP contribution is -2.40. The second-order valence-corrected chi connectivity index (χ2v) is 15.6. The predicted molar refractivity (Wildman–Crippen MR) is 149 cm³/mol. The van der Waals surface area contributed by atoms with Crippen LogP contribution < -0.4 is 5.73 Å². The quantitative estimate of drug-likeness (QED) is 0.240. The number of pyridine rings is 2. The Morgan fingerprint density at radius 3 is 2.38 bits per heavy atom. The van der Waals surface area contributed by atoms with E-state index in [1.165, 1.54) is 6.20 Å². The summed E-state index contributed by atoms with van der Waals surface area (Å²) in [4.78, 5) is 14.1. The minimum absolute atomic E-state index is 0.116. The van der Waals surface area contributed by atoms with Crippen molar-refractivity contribution in [1.82, 2.24) is 34.5 Å². The Hall–Kier alpha value is -4.03. The second-order valence-electron chi connectivity index (χ2n) is 10.8. The molecule has 0 saturated heterocycles. The van der Waals surface area contributed by atoms with Crippen molar-refractivity contribution in [3.63, 3.8) is 0 Å². The normalized spacial score (nSPS) is 12.5. The lowest BCUT2D eigenvalue weighted by atomic mass is 10.2. The molecule has 0 fully saturated rings. The van der Waals surface area contributed by atoms with Crippen LogP contribution in [0.2, 0.25) is 18.1 Å². The van der Waals surface area contributed by atoms with Crippen molar-refractivity contribution >= 4 is 25.3 Å². The van der Waals surface area contributed by atoms with Crippen molar-refractivity contribution in [1.29, 1.82) is 0 Å². The van der Waals surface area contributed by atoms with E-state index >= 15 is 0 Å². The van der Waals surface area contributed by atoms with Crippen LogP contribution in [0.1, 0.15) is 32.9 Å². The van der Waals surface area contributed by atoms with Gasteiger partial charge in [0.1, 0.15) is 17.0 Å². The number of nitrogen functional groups attached to an aromatic ring is 1. The molecule has 4 heterocycles. The predicted octanol–water partition coefficient (Wildman–Crippen LogP) is 6.24. The molecule has 0 unspecified atom stereocenters. The summed E-state index contributed by atoms with van der Waals surface area (Å²) < 4.78 is 34.4. The van der Waals surface area contributed by atoms with E-state index in [4.69, 9.17) is 20.1 Å². The molecule has 0 aliphatic carbocycles. The number of hydrogen-bond donors (Lipinski definition) is 1. The third-order valence-electron chi connectivity index (χ3n) is 7.13. The fourth-order valence-corrected chi connectivity index (χ4v) is 4.80. The number of alkyl halides is 2. The monoisotopic (exact) mass is 548 g/mol. The zero-order chi connectivity index (χ0) is 27.9. The van der Waals surface area contributed by atoms with E-state index in [9.17, 15) is 8.78 Å². The van der Waals surface area contributed by atoms with E-state index in [0.29, 0.717) is 45.5 Å². The van der Waals surface area contributed by atoms with Gasteiger partial charge in [-0.25, -0.2) is 15.0 Å². The van der Waals surface area contributed by atoms with Gasteiger partial charge in [0.25, 0.3) is 0 Å². The average Bonchev–Trinajstić information content (AvgIpc) is 3.53. The van der Waals surface area contributed by atoms with Crippen LogP contribution in [0, 0.1) is 0 Å². The van der Waals surface area contributed by atoms with E-state index in [-0.39, 0.29) is 10.7 Å². The fraction of sp³-hybridized carbons (Fsp3) is 0.296. The summed E-state index contributed by atoms with van der Waals surface area (Å²) in [5.41, 5.74) is 10.4. The van der Waals surface area contributed by atoms with E-state index in [2.05, 4.69) is 49.0 Å². The molecular formula is C27H30F2N8OSi. The Morgan fingerprint density at radius 1 is 1.00 bits per heavy atom. The molecule has 39 heavy (non-hydrogen) atoms. The Bertz CT molecular complexity index is 1620. The highest BCUT2D eigenvalue weighted by molar-refractivity contribution is 6.74. The lowest BCUT2D eigenvalue weighted by Gasteiger charge is -2.36. The number of imidazole rings is 1. The van der Waals surface area contributed by atoms with Crippen LogP contribution in [-0.4, -0.2) is 42.8 Å². The molecule has 0 saturated carbocycles. The maximum Gasteiger partial charge on any atom is 0.348 e. The molecule has 1 aromatic carbocycles. The molecule has 0 aliphatic heterocycles. The van der Waals surface area contributed by atoms with Gasteiger partial charge < -0.3 is 10.2 Å². The van der Waals surface area contributed by atoms with Gasteiger partial charge in [-0.05, 0) is 60.1 Å². The van der Waals surface area contributed by atoms with Crippen molar-refractivity contribution in [2.24, 2.45) is 0 Å². The van der Waals surface area contributed by atoms with Gasteiger partial charge in [0, 0.05) is 11.9 Å². The Kier molecular flexibility index (Phi) is 6.77. The molecule has 0 aliphatic rings. The zero-order valence-electron chi connectivity index (χ0n) is 22.4. The zero-order valence-corrected chi connectivity index (χ0v) is 23.4. The van der Waals surface area contributed by atoms with Gasteiger partial charge in [-0.2, -0.15) is 13.9 Å². The van der Waals surface area contributed by atoms with Crippen molar-refractivity contribution < 1.29 is 13.2 Å². The summed E-state index contributed by atoms with van der Waals surface area (Å²) in [5.74, 6) is 0.885. The van der Waals surface area contributed by atoms with Crippen LogP contribution in [0.15, 0.2) is 60.9 Å². The number of nitrogens with two attached hydrogens (primary N) is 1. The van der Waals surface area contributed by atoms with Gasteiger partial charge in [0.2, 0.25) is 0 Å². The number of nitrogens with zero attached hydrogens (tertiary/aromatic N) is 7. The molecule has 9 nitrogen and oxygen atoms in total. The van der Waals surface area contributed by atoms with Crippen molar-refractivity contribution in [3.05, 3.63) is 66.5 Å². The molecule has 0 atom stereocenters. The summed E-state index contributed by atoms with van der Waals surface area (Å²) in [6.07, 6.45) is 2.88. The molecule has 4 aromatic heterocycles. The minimum Gasteiger partial charge on any atom is -0.413 e. The summed E-state index contributed by atoms with van der Waals surface area (Å²) in [5, 5.41) is 7.61. The van der Waals surface area contributed by atoms with E-state index in [1.807, 2.05) is 34.9 Å². The molecular weight excluding hydrogens is 518 g/mol. The van der Waals surface area contributed by atoms with Crippen molar-refractivity contribution in [2.45, 2.75) is 52.1 Å². The van der Waals surface area contributed by atoms with Crippen LogP contribution in [-0.2, 0) is 11.0 Å². The highest BCUT2D eigenvalue weighted by Gasteiger charge is 2.37. The van der Waals surface area contributed by atoms with Crippen molar-refractivity contribution in [3.8, 4) is 28.5 Å². The van der Waals surface area contributed by atoms with E-state index in [0.717, 1.165) is 11.3 Å².